The van der Waals surface area contributed by atoms with Crippen LogP contribution in [0.3, 0.4) is 0 Å². The number of thiazole rings is 1. The molecule has 1 heterocycles. The molecule has 2 atom stereocenters. The third-order valence-corrected chi connectivity index (χ3v) is 9.54. The van der Waals surface area contributed by atoms with Gasteiger partial charge in [-0.3, -0.25) is 9.52 Å². The van der Waals surface area contributed by atoms with Gasteiger partial charge >= 0.3 is 0 Å². The van der Waals surface area contributed by atoms with Crippen LogP contribution >= 0.6 is 11.3 Å². The molecule has 5 nitrogen and oxygen atoms in total. The second kappa shape index (κ2) is 5.76. The van der Waals surface area contributed by atoms with Crippen molar-refractivity contribution < 1.29 is 13.2 Å². The third kappa shape index (κ3) is 2.45. The first kappa shape index (κ1) is 18.1. The number of hydrogen-bond donors (Lipinski definition) is 1. The van der Waals surface area contributed by atoms with Gasteiger partial charge in [-0.1, -0.05) is 55.5 Å². The van der Waals surface area contributed by atoms with Crippen molar-refractivity contribution in [1.29, 1.82) is 0 Å². The molecule has 5 rings (SSSR count). The summed E-state index contributed by atoms with van der Waals surface area (Å²) in [5, 5.41) is 2.44. The number of nitrogens with one attached hydrogen (secondary N) is 1. The lowest BCUT2D eigenvalue weighted by atomic mass is 9.70. The fourth-order valence-electron chi connectivity index (χ4n) is 5.31. The largest absolute Gasteiger partial charge is 0.299 e. The van der Waals surface area contributed by atoms with Gasteiger partial charge in [-0.25, -0.2) is 13.4 Å². The summed E-state index contributed by atoms with van der Waals surface area (Å²) in [5.41, 5.74) is -0.243. The van der Waals surface area contributed by atoms with Crippen molar-refractivity contribution in [2.45, 2.75) is 33.1 Å². The van der Waals surface area contributed by atoms with Gasteiger partial charge in [0, 0.05) is 11.8 Å². The van der Waals surface area contributed by atoms with Crippen molar-refractivity contribution in [3.63, 3.8) is 0 Å². The van der Waals surface area contributed by atoms with Gasteiger partial charge < -0.3 is 0 Å². The molecule has 0 unspecified atom stereocenters. The number of ketones is 1. The minimum absolute atomic E-state index is 0.106. The van der Waals surface area contributed by atoms with Gasteiger partial charge in [0.2, 0.25) is 10.0 Å². The van der Waals surface area contributed by atoms with Crippen molar-refractivity contribution in [2.75, 3.05) is 10.5 Å². The highest BCUT2D eigenvalue weighted by atomic mass is 32.2. The highest BCUT2D eigenvalue weighted by Gasteiger charge is 2.65. The standard InChI is InChI=1S/C21H22N2O3S2/c1-20(2)14-9-10-21(20,17(24)11-14)12-28(25,26)23-19-22-18-15-6-4-3-5-13(15)7-8-16(18)27-19/h3-8,14H,9-12H2,1-2H3,(H,22,23)/t14-,21-/m1/s1. The van der Waals surface area contributed by atoms with Crippen molar-refractivity contribution in [3.05, 3.63) is 36.4 Å². The highest BCUT2D eigenvalue weighted by molar-refractivity contribution is 7.93. The predicted octanol–water partition coefficient (Wildman–Crippen LogP) is 4.59. The molecule has 0 spiro atoms. The Morgan fingerprint density at radius 1 is 1.21 bits per heavy atom. The van der Waals surface area contributed by atoms with Gasteiger partial charge in [0.1, 0.15) is 5.78 Å². The Balaban J connectivity index is 1.49. The van der Waals surface area contributed by atoms with Crippen molar-refractivity contribution in [2.24, 2.45) is 16.7 Å². The average Bonchev–Trinajstić information content (AvgIpc) is 3.19. The number of sulfonamides is 1. The van der Waals surface area contributed by atoms with E-state index in [0.29, 0.717) is 23.9 Å². The van der Waals surface area contributed by atoms with Crippen LogP contribution in [0.4, 0.5) is 5.13 Å². The molecule has 2 bridgehead atoms. The zero-order valence-electron chi connectivity index (χ0n) is 15.9. The number of fused-ring (bicyclic) bond motifs is 5. The number of carbonyl (C=O) groups excluding carboxylic acids is 1. The van der Waals surface area contributed by atoms with Crippen molar-refractivity contribution >= 4 is 53.3 Å². The lowest BCUT2D eigenvalue weighted by Crippen LogP contribution is -2.43. The highest BCUT2D eigenvalue weighted by Crippen LogP contribution is 2.64. The molecule has 2 fully saturated rings. The van der Waals surface area contributed by atoms with Gasteiger partial charge in [0.05, 0.1) is 21.4 Å². The Bertz CT molecular complexity index is 1230. The van der Waals surface area contributed by atoms with Crippen LogP contribution in [0, 0.1) is 16.7 Å². The predicted molar refractivity (Wildman–Crippen MR) is 113 cm³/mol. The van der Waals surface area contributed by atoms with Crippen LogP contribution in [0.15, 0.2) is 36.4 Å². The molecule has 2 aliphatic rings. The maximum atomic E-state index is 13.0. The van der Waals surface area contributed by atoms with E-state index in [1.165, 1.54) is 11.3 Å². The number of benzene rings is 2. The molecule has 1 N–H and O–H groups in total. The Morgan fingerprint density at radius 2 is 2.00 bits per heavy atom. The summed E-state index contributed by atoms with van der Waals surface area (Å²) >= 11 is 1.33. The number of rotatable bonds is 4. The summed E-state index contributed by atoms with van der Waals surface area (Å²) in [6.45, 7) is 4.10. The molecule has 28 heavy (non-hydrogen) atoms. The van der Waals surface area contributed by atoms with E-state index < -0.39 is 15.4 Å². The quantitative estimate of drug-likeness (QED) is 0.678. The van der Waals surface area contributed by atoms with Crippen LogP contribution in [-0.2, 0) is 14.8 Å². The smallest absolute Gasteiger partial charge is 0.235 e. The Hall–Kier alpha value is -1.99. The van der Waals surface area contributed by atoms with Gasteiger partial charge in [-0.05, 0) is 35.6 Å². The van der Waals surface area contributed by atoms with E-state index in [0.717, 1.165) is 27.4 Å². The molecular formula is C21H22N2O3S2. The Morgan fingerprint density at radius 3 is 2.71 bits per heavy atom. The van der Waals surface area contributed by atoms with Gasteiger partial charge in [-0.15, -0.1) is 0 Å². The second-order valence-electron chi connectivity index (χ2n) is 8.68. The molecule has 0 saturated heterocycles. The lowest BCUT2D eigenvalue weighted by Gasteiger charge is -2.35. The number of hydrogen-bond acceptors (Lipinski definition) is 5. The van der Waals surface area contributed by atoms with Crippen LogP contribution in [-0.4, -0.2) is 24.9 Å². The van der Waals surface area contributed by atoms with E-state index in [9.17, 15) is 13.2 Å². The van der Waals surface area contributed by atoms with E-state index in [1.807, 2.05) is 36.4 Å². The Labute approximate surface area is 168 Å². The molecule has 1 aromatic heterocycles. The first-order chi connectivity index (χ1) is 13.2. The fourth-order valence-corrected chi connectivity index (χ4v) is 8.30. The normalized spacial score (nSPS) is 26.4. The summed E-state index contributed by atoms with van der Waals surface area (Å²) in [5.74, 6) is 0.248. The summed E-state index contributed by atoms with van der Waals surface area (Å²) in [7, 11) is -3.69. The topological polar surface area (TPSA) is 76.1 Å². The fraction of sp³-hybridized carbons (Fsp3) is 0.429. The number of anilines is 1. The first-order valence-corrected chi connectivity index (χ1v) is 12.0. The Kier molecular flexibility index (Phi) is 3.72. The minimum Gasteiger partial charge on any atom is -0.299 e. The minimum atomic E-state index is -3.69. The summed E-state index contributed by atoms with van der Waals surface area (Å²) in [6, 6.07) is 11.9. The molecular weight excluding hydrogens is 392 g/mol. The van der Waals surface area contributed by atoms with E-state index in [1.54, 1.807) is 0 Å². The average molecular weight is 415 g/mol. The van der Waals surface area contributed by atoms with Crippen LogP contribution in [0.5, 0.6) is 0 Å². The molecule has 146 valence electrons. The van der Waals surface area contributed by atoms with Crippen LogP contribution in [0.25, 0.3) is 21.0 Å². The summed E-state index contributed by atoms with van der Waals surface area (Å²) in [6.07, 6.45) is 2.10. The molecule has 0 aliphatic heterocycles. The summed E-state index contributed by atoms with van der Waals surface area (Å²) < 4.78 is 29.6. The molecule has 2 aromatic carbocycles. The monoisotopic (exact) mass is 414 g/mol. The van der Waals surface area contributed by atoms with E-state index in [-0.39, 0.29) is 17.0 Å². The van der Waals surface area contributed by atoms with Gasteiger partial charge in [0.15, 0.2) is 5.13 Å². The third-order valence-electron chi connectivity index (χ3n) is 7.10. The van der Waals surface area contributed by atoms with E-state index >= 15 is 0 Å². The van der Waals surface area contributed by atoms with Crippen LogP contribution in [0.1, 0.15) is 33.1 Å². The van der Waals surface area contributed by atoms with Crippen molar-refractivity contribution in [1.82, 2.24) is 4.98 Å². The zero-order chi connectivity index (χ0) is 19.7. The number of aromatic nitrogens is 1. The SMILES string of the molecule is CC1(C)[C@@H]2CC[C@@]1(CS(=O)(=O)Nc1nc3c(ccc4ccccc43)s1)C(=O)C2. The van der Waals surface area contributed by atoms with Crippen molar-refractivity contribution in [3.8, 4) is 0 Å². The van der Waals surface area contributed by atoms with Crippen LogP contribution in [0.2, 0.25) is 0 Å². The second-order valence-corrected chi connectivity index (χ2v) is 11.4. The number of carbonyl (C=O) groups is 1. The summed E-state index contributed by atoms with van der Waals surface area (Å²) in [4.78, 5) is 17.2. The molecule has 0 radical (unpaired) electrons. The first-order valence-electron chi connectivity index (χ1n) is 9.54. The molecule has 2 saturated carbocycles. The van der Waals surface area contributed by atoms with Crippen LogP contribution < -0.4 is 4.72 Å². The van der Waals surface area contributed by atoms with E-state index in [2.05, 4.69) is 23.6 Å². The van der Waals surface area contributed by atoms with Gasteiger partial charge in [-0.2, -0.15) is 0 Å². The maximum Gasteiger partial charge on any atom is 0.235 e. The molecule has 0 amide bonds. The molecule has 7 heteroatoms. The lowest BCUT2D eigenvalue weighted by molar-refractivity contribution is -0.128. The molecule has 3 aromatic rings. The zero-order valence-corrected chi connectivity index (χ0v) is 17.5. The van der Waals surface area contributed by atoms with E-state index in [4.69, 9.17) is 0 Å². The maximum absolute atomic E-state index is 13.0. The molecule has 2 aliphatic carbocycles. The van der Waals surface area contributed by atoms with Gasteiger partial charge in [0.25, 0.3) is 0 Å². The number of nitrogens with zero attached hydrogens (tertiary/aromatic N) is 1. The number of Topliss-reactive ketones (excluding diaryl/α,β-unsaturated/α-hetero) is 1.